The number of hydrogen-bond donors (Lipinski definition) is 1. The number of phosphoric ester groups is 1. The summed E-state index contributed by atoms with van der Waals surface area (Å²) in [4.78, 5) is 9.20. The second kappa shape index (κ2) is 2.53. The van der Waals surface area contributed by atoms with Crippen LogP contribution in [0.1, 0.15) is 0 Å². The van der Waals surface area contributed by atoms with Gasteiger partial charge in [0.05, 0.1) is 13.2 Å². The summed E-state index contributed by atoms with van der Waals surface area (Å²) in [6, 6.07) is 0. The van der Waals surface area contributed by atoms with Gasteiger partial charge in [0.1, 0.15) is 24.4 Å². The molecule has 3 saturated heterocycles. The molecule has 5 atom stereocenters. The van der Waals surface area contributed by atoms with Crippen molar-refractivity contribution < 1.29 is 28.0 Å². The second-order valence-corrected chi connectivity index (χ2v) is 4.71. The van der Waals surface area contributed by atoms with Crippen LogP contribution in [0, 0.1) is 0 Å². The van der Waals surface area contributed by atoms with Crippen molar-refractivity contribution in [2.45, 2.75) is 24.4 Å². The normalized spacial score (nSPS) is 59.5. The zero-order valence-electron chi connectivity index (χ0n) is 6.66. The molecule has 0 aromatic rings. The SMILES string of the molecule is O=P1(O)O[C@H]2CO[C@H]3[C@@H]2OC[C@H]3O1. The van der Waals surface area contributed by atoms with Gasteiger partial charge in [-0.2, -0.15) is 0 Å². The van der Waals surface area contributed by atoms with E-state index in [1.807, 2.05) is 0 Å². The van der Waals surface area contributed by atoms with Crippen molar-refractivity contribution in [3.05, 3.63) is 0 Å². The third-order valence-corrected chi connectivity index (χ3v) is 3.57. The van der Waals surface area contributed by atoms with Crippen LogP contribution in [0.25, 0.3) is 0 Å². The Labute approximate surface area is 74.3 Å². The van der Waals surface area contributed by atoms with Gasteiger partial charge >= 0.3 is 7.82 Å². The second-order valence-electron chi connectivity index (χ2n) is 3.35. The predicted octanol–water partition coefficient (Wildman–Crippen LogP) is -0.332. The van der Waals surface area contributed by atoms with Crippen LogP contribution in [0.2, 0.25) is 0 Å². The predicted molar refractivity (Wildman–Crippen MR) is 39.1 cm³/mol. The Morgan fingerprint density at radius 3 is 2.00 bits per heavy atom. The number of hydrogen-bond acceptors (Lipinski definition) is 5. The van der Waals surface area contributed by atoms with E-state index in [2.05, 4.69) is 0 Å². The van der Waals surface area contributed by atoms with Crippen molar-refractivity contribution in [3.63, 3.8) is 0 Å². The highest BCUT2D eigenvalue weighted by atomic mass is 31.2. The first-order chi connectivity index (χ1) is 6.16. The molecule has 3 rings (SSSR count). The van der Waals surface area contributed by atoms with Crippen LogP contribution in [0.3, 0.4) is 0 Å². The molecule has 6 nitrogen and oxygen atoms in total. The van der Waals surface area contributed by atoms with Crippen LogP contribution in [0.5, 0.6) is 0 Å². The van der Waals surface area contributed by atoms with E-state index >= 15 is 0 Å². The van der Waals surface area contributed by atoms with Crippen molar-refractivity contribution in [1.82, 2.24) is 0 Å². The molecule has 0 aromatic carbocycles. The highest BCUT2D eigenvalue weighted by Crippen LogP contribution is 2.53. The van der Waals surface area contributed by atoms with Gasteiger partial charge in [-0.05, 0) is 0 Å². The van der Waals surface area contributed by atoms with Crippen LogP contribution in [0.4, 0.5) is 0 Å². The molecule has 0 radical (unpaired) electrons. The van der Waals surface area contributed by atoms with E-state index in [-0.39, 0.29) is 12.2 Å². The van der Waals surface area contributed by atoms with Crippen LogP contribution < -0.4 is 0 Å². The van der Waals surface area contributed by atoms with Gasteiger partial charge in [-0.1, -0.05) is 0 Å². The average molecular weight is 208 g/mol. The topological polar surface area (TPSA) is 74.2 Å². The monoisotopic (exact) mass is 208 g/mol. The average Bonchev–Trinajstić information content (AvgIpc) is 2.49. The zero-order chi connectivity index (χ0) is 9.05. The summed E-state index contributed by atoms with van der Waals surface area (Å²) >= 11 is 0. The highest BCUT2D eigenvalue weighted by Gasteiger charge is 2.56. The van der Waals surface area contributed by atoms with Gasteiger partial charge in [-0.25, -0.2) is 4.57 Å². The van der Waals surface area contributed by atoms with Gasteiger partial charge in [0.2, 0.25) is 0 Å². The molecule has 0 aromatic heterocycles. The van der Waals surface area contributed by atoms with E-state index in [1.165, 1.54) is 0 Å². The number of ether oxygens (including phenoxy) is 2. The van der Waals surface area contributed by atoms with E-state index in [0.29, 0.717) is 13.2 Å². The standard InChI is InChI=1S/C6H9O6P/c7-13(8)11-3-1-9-6-4(12-13)2-10-5(3)6/h3-6H,1-2H2,(H,7,8)/t3-,4+,5-,6-/m1/s1. The summed E-state index contributed by atoms with van der Waals surface area (Å²) < 4.78 is 31.6. The molecule has 3 aliphatic rings. The molecule has 7 heteroatoms. The van der Waals surface area contributed by atoms with E-state index in [1.54, 1.807) is 0 Å². The fraction of sp³-hybridized carbons (Fsp3) is 1.00. The molecular formula is C6H9O6P. The third kappa shape index (κ3) is 1.18. The van der Waals surface area contributed by atoms with E-state index in [4.69, 9.17) is 18.5 Å². The van der Waals surface area contributed by atoms with Crippen LogP contribution >= 0.6 is 7.82 Å². The minimum atomic E-state index is -3.87. The Balaban J connectivity index is 1.97. The van der Waals surface area contributed by atoms with E-state index < -0.39 is 20.0 Å². The summed E-state index contributed by atoms with van der Waals surface area (Å²) in [6.07, 6.45) is -1.41. The fourth-order valence-corrected chi connectivity index (χ4v) is 3.07. The summed E-state index contributed by atoms with van der Waals surface area (Å²) in [6.45, 7) is 0.611. The molecule has 74 valence electrons. The first kappa shape index (κ1) is 8.35. The summed E-state index contributed by atoms with van der Waals surface area (Å²) in [5.74, 6) is 0. The Kier molecular flexibility index (Phi) is 1.63. The first-order valence-electron chi connectivity index (χ1n) is 4.08. The lowest BCUT2D eigenvalue weighted by molar-refractivity contribution is -0.0370. The van der Waals surface area contributed by atoms with Gasteiger partial charge < -0.3 is 14.4 Å². The van der Waals surface area contributed by atoms with Gasteiger partial charge in [-0.15, -0.1) is 0 Å². The molecular weight excluding hydrogens is 199 g/mol. The molecule has 3 fully saturated rings. The summed E-state index contributed by atoms with van der Waals surface area (Å²) in [5.41, 5.74) is 0. The van der Waals surface area contributed by atoms with Crippen molar-refractivity contribution in [2.24, 2.45) is 0 Å². The van der Waals surface area contributed by atoms with Gasteiger partial charge in [0.15, 0.2) is 0 Å². The van der Waals surface area contributed by atoms with E-state index in [0.717, 1.165) is 0 Å². The van der Waals surface area contributed by atoms with Crippen LogP contribution in [-0.2, 0) is 23.1 Å². The van der Waals surface area contributed by atoms with E-state index in [9.17, 15) is 9.46 Å². The summed E-state index contributed by atoms with van der Waals surface area (Å²) in [7, 11) is -3.87. The zero-order valence-corrected chi connectivity index (χ0v) is 7.55. The third-order valence-electron chi connectivity index (χ3n) is 2.50. The maximum absolute atomic E-state index is 11.2. The molecule has 3 aliphatic heterocycles. The largest absolute Gasteiger partial charge is 0.473 e. The molecule has 4 bridgehead atoms. The van der Waals surface area contributed by atoms with Crippen LogP contribution in [-0.4, -0.2) is 42.5 Å². The molecule has 1 N–H and O–H groups in total. The Morgan fingerprint density at radius 2 is 1.54 bits per heavy atom. The minimum Gasteiger partial charge on any atom is -0.370 e. The smallest absolute Gasteiger partial charge is 0.370 e. The number of rotatable bonds is 0. The summed E-state index contributed by atoms with van der Waals surface area (Å²) in [5, 5.41) is 0. The van der Waals surface area contributed by atoms with Crippen molar-refractivity contribution >= 4 is 7.82 Å². The Hall–Kier alpha value is 0.0300. The Bertz CT molecular complexity index is 256. The molecule has 0 aliphatic carbocycles. The lowest BCUT2D eigenvalue weighted by Crippen LogP contribution is -2.29. The number of phosphoric acid groups is 1. The molecule has 3 heterocycles. The molecule has 0 spiro atoms. The first-order valence-corrected chi connectivity index (χ1v) is 5.58. The molecule has 1 unspecified atom stereocenters. The van der Waals surface area contributed by atoms with Gasteiger partial charge in [0, 0.05) is 0 Å². The highest BCUT2D eigenvalue weighted by molar-refractivity contribution is 7.47. The molecule has 0 amide bonds. The maximum atomic E-state index is 11.2. The van der Waals surface area contributed by atoms with Crippen molar-refractivity contribution in [2.75, 3.05) is 13.2 Å². The molecule has 13 heavy (non-hydrogen) atoms. The maximum Gasteiger partial charge on any atom is 0.473 e. The van der Waals surface area contributed by atoms with Gasteiger partial charge in [-0.3, -0.25) is 9.05 Å². The molecule has 0 saturated carbocycles. The lowest BCUT2D eigenvalue weighted by Gasteiger charge is -2.22. The minimum absolute atomic E-state index is 0.243. The van der Waals surface area contributed by atoms with Gasteiger partial charge in [0.25, 0.3) is 0 Å². The van der Waals surface area contributed by atoms with Crippen LogP contribution in [0.15, 0.2) is 0 Å². The Morgan fingerprint density at radius 1 is 1.08 bits per heavy atom. The fourth-order valence-electron chi connectivity index (χ4n) is 1.98. The lowest BCUT2D eigenvalue weighted by atomic mass is 10.1. The quantitative estimate of drug-likeness (QED) is 0.549. The van der Waals surface area contributed by atoms with Crippen molar-refractivity contribution in [3.8, 4) is 0 Å². The van der Waals surface area contributed by atoms with Crippen molar-refractivity contribution in [1.29, 1.82) is 0 Å².